The Morgan fingerprint density at radius 1 is 1.03 bits per heavy atom. The summed E-state index contributed by atoms with van der Waals surface area (Å²) in [4.78, 5) is 39.4. The topological polar surface area (TPSA) is 294 Å². The Hall–Kier alpha value is -1.40. The molecular weight excluding hydrogens is 505 g/mol. The second-order valence-corrected chi connectivity index (χ2v) is 10.7. The van der Waals surface area contributed by atoms with Gasteiger partial charge in [0.25, 0.3) is 0 Å². The van der Waals surface area contributed by atoms with Crippen molar-refractivity contribution >= 4 is 40.4 Å². The van der Waals surface area contributed by atoms with Crippen LogP contribution in [0.4, 0.5) is 5.82 Å². The van der Waals surface area contributed by atoms with Crippen molar-refractivity contribution in [1.29, 1.82) is 0 Å². The van der Waals surface area contributed by atoms with Crippen molar-refractivity contribution in [2.24, 2.45) is 5.90 Å². The van der Waals surface area contributed by atoms with E-state index in [9.17, 15) is 33.7 Å². The Balaban J connectivity index is 1.68. The zero-order valence-electron chi connectivity index (χ0n) is 15.5. The second-order valence-electron chi connectivity index (χ2n) is 6.10. The molecule has 0 bridgehead atoms. The fourth-order valence-corrected chi connectivity index (χ4v) is 5.79. The van der Waals surface area contributed by atoms with Crippen LogP contribution < -0.4 is 11.6 Å². The lowest BCUT2D eigenvalue weighted by atomic mass is 10.1. The van der Waals surface area contributed by atoms with Gasteiger partial charge in [-0.1, -0.05) is 0 Å². The number of aromatic nitrogens is 4. The number of anilines is 1. The van der Waals surface area contributed by atoms with Crippen molar-refractivity contribution < 1.29 is 61.1 Å². The SMILES string of the molecule is NOP(=O)(O)OP(=O)(O)OP(=O)(O)OC[C@H]1O[C@@H](n2cnc3c(N)ncnc32)[C@H](O)[C@@H]1O. The first-order valence-corrected chi connectivity index (χ1v) is 12.6. The van der Waals surface area contributed by atoms with E-state index in [1.54, 1.807) is 0 Å². The molecule has 180 valence electrons. The first-order valence-electron chi connectivity index (χ1n) is 8.14. The van der Waals surface area contributed by atoms with Gasteiger partial charge in [0.15, 0.2) is 17.7 Å². The molecule has 0 aliphatic carbocycles. The van der Waals surface area contributed by atoms with Gasteiger partial charge in [0.05, 0.1) is 12.9 Å². The minimum atomic E-state index is -5.67. The van der Waals surface area contributed by atoms with Gasteiger partial charge in [-0.15, -0.1) is 0 Å². The van der Waals surface area contributed by atoms with Gasteiger partial charge in [-0.2, -0.15) is 8.62 Å². The van der Waals surface area contributed by atoms with Crippen LogP contribution in [0.1, 0.15) is 6.23 Å². The van der Waals surface area contributed by atoms with Crippen LogP contribution in [-0.4, -0.2) is 69.3 Å². The van der Waals surface area contributed by atoms with E-state index in [0.717, 1.165) is 6.33 Å². The van der Waals surface area contributed by atoms with Crippen LogP contribution in [0.25, 0.3) is 11.2 Å². The Morgan fingerprint density at radius 3 is 2.34 bits per heavy atom. The summed E-state index contributed by atoms with van der Waals surface area (Å²) in [5.41, 5.74) is 6.02. The number of ether oxygens (including phenoxy) is 1. The molecule has 19 nitrogen and oxygen atoms in total. The number of imidazole rings is 1. The third kappa shape index (κ3) is 5.56. The highest BCUT2D eigenvalue weighted by molar-refractivity contribution is 7.66. The van der Waals surface area contributed by atoms with Crippen LogP contribution in [0.15, 0.2) is 12.7 Å². The molecule has 0 spiro atoms. The molecule has 0 radical (unpaired) electrons. The summed E-state index contributed by atoms with van der Waals surface area (Å²) in [5, 5.41) is 20.5. The molecule has 3 unspecified atom stereocenters. The molecule has 0 saturated carbocycles. The van der Waals surface area contributed by atoms with Crippen molar-refractivity contribution in [2.45, 2.75) is 24.5 Å². The molecule has 1 aliphatic heterocycles. The van der Waals surface area contributed by atoms with Gasteiger partial charge in [-0.3, -0.25) is 9.09 Å². The average Bonchev–Trinajstić information content (AvgIpc) is 3.21. The van der Waals surface area contributed by atoms with E-state index in [4.69, 9.17) is 15.4 Å². The molecule has 2 aromatic rings. The molecule has 22 heteroatoms. The maximum Gasteiger partial charge on any atom is 0.497 e. The van der Waals surface area contributed by atoms with Crippen LogP contribution in [-0.2, 0) is 36.2 Å². The van der Waals surface area contributed by atoms with Gasteiger partial charge >= 0.3 is 23.5 Å². The average molecular weight is 522 g/mol. The molecule has 7 atom stereocenters. The molecule has 3 rings (SSSR count). The number of nitrogen functional groups attached to an aromatic ring is 1. The van der Waals surface area contributed by atoms with Crippen molar-refractivity contribution in [3.05, 3.63) is 12.7 Å². The van der Waals surface area contributed by atoms with Crippen LogP contribution in [0, 0.1) is 0 Å². The monoisotopic (exact) mass is 522 g/mol. The number of nitrogens with zero attached hydrogens (tertiary/aromatic N) is 4. The van der Waals surface area contributed by atoms with E-state index < -0.39 is 54.6 Å². The normalized spacial score (nSPS) is 29.4. The molecule has 9 N–H and O–H groups in total. The first kappa shape index (κ1) is 25.2. The summed E-state index contributed by atoms with van der Waals surface area (Å²) in [6.07, 6.45) is -3.67. The highest BCUT2D eigenvalue weighted by Crippen LogP contribution is 2.67. The molecule has 0 aromatic carbocycles. The van der Waals surface area contributed by atoms with E-state index in [2.05, 4.69) is 38.6 Å². The number of rotatable bonds is 9. The molecular formula is C10H17N6O13P3. The number of fused-ring (bicyclic) bond motifs is 1. The smallest absolute Gasteiger partial charge is 0.387 e. The van der Waals surface area contributed by atoms with Gasteiger partial charge in [0, 0.05) is 0 Å². The van der Waals surface area contributed by atoms with E-state index in [1.165, 1.54) is 10.9 Å². The van der Waals surface area contributed by atoms with Gasteiger partial charge < -0.3 is 35.4 Å². The number of nitrogens with two attached hydrogens (primary N) is 2. The standard InChI is InChI=1S/C10H17N6O13P3/c11-8-5-9(14-2-13-8)16(3-15-5)10-7(18)6(17)4(26-10)1-25-30(19,20)28-32(23,24)29-31(21,22)27-12/h2-4,6-7,10,17-18H,1,12H2,(H,19,20)(H,21,22)(H,23,24)(H2,11,13,14)/t4-,6-,7-,10-/m1/s1. The van der Waals surface area contributed by atoms with Crippen LogP contribution in [0.3, 0.4) is 0 Å². The predicted octanol–water partition coefficient (Wildman–Crippen LogP) is -1.73. The van der Waals surface area contributed by atoms with Gasteiger partial charge in [0.2, 0.25) is 0 Å². The molecule has 1 aliphatic rings. The highest BCUT2D eigenvalue weighted by Gasteiger charge is 2.47. The lowest BCUT2D eigenvalue weighted by Crippen LogP contribution is -2.33. The predicted molar refractivity (Wildman–Crippen MR) is 98.5 cm³/mol. The van der Waals surface area contributed by atoms with Gasteiger partial charge in [-0.25, -0.2) is 39.2 Å². The van der Waals surface area contributed by atoms with Crippen LogP contribution in [0.2, 0.25) is 0 Å². The highest BCUT2D eigenvalue weighted by atomic mass is 31.3. The van der Waals surface area contributed by atoms with Gasteiger partial charge in [0.1, 0.15) is 30.2 Å². The van der Waals surface area contributed by atoms with Crippen molar-refractivity contribution in [1.82, 2.24) is 19.5 Å². The Labute approximate surface area is 177 Å². The summed E-state index contributed by atoms with van der Waals surface area (Å²) in [5.74, 6) is 4.41. The summed E-state index contributed by atoms with van der Waals surface area (Å²) in [7, 11) is -16.4. The molecule has 2 aromatic heterocycles. The minimum absolute atomic E-state index is 0.0446. The fraction of sp³-hybridized carbons (Fsp3) is 0.500. The van der Waals surface area contributed by atoms with E-state index in [1.807, 2.05) is 0 Å². The molecule has 3 heterocycles. The van der Waals surface area contributed by atoms with Gasteiger partial charge in [-0.05, 0) is 0 Å². The zero-order valence-corrected chi connectivity index (χ0v) is 18.1. The zero-order chi connectivity index (χ0) is 23.9. The van der Waals surface area contributed by atoms with E-state index >= 15 is 0 Å². The summed E-state index contributed by atoms with van der Waals surface area (Å²) in [6, 6.07) is 0. The maximum atomic E-state index is 11.9. The Kier molecular flexibility index (Phi) is 7.17. The number of phosphoric acid groups is 3. The van der Waals surface area contributed by atoms with E-state index in [-0.39, 0.29) is 17.0 Å². The second kappa shape index (κ2) is 9.09. The van der Waals surface area contributed by atoms with E-state index in [0.29, 0.717) is 0 Å². The first-order chi connectivity index (χ1) is 14.8. The molecule has 1 saturated heterocycles. The molecule has 1 fully saturated rings. The number of aliphatic hydroxyl groups excluding tert-OH is 2. The minimum Gasteiger partial charge on any atom is -0.387 e. The number of hydrogen-bond acceptors (Lipinski definition) is 15. The Bertz CT molecular complexity index is 1130. The fourth-order valence-electron chi connectivity index (χ4n) is 2.64. The number of aliphatic hydroxyl groups is 2. The summed E-state index contributed by atoms with van der Waals surface area (Å²) in [6.45, 7) is -0.948. The Morgan fingerprint density at radius 2 is 1.69 bits per heavy atom. The van der Waals surface area contributed by atoms with Crippen LogP contribution >= 0.6 is 23.5 Å². The summed E-state index contributed by atoms with van der Waals surface area (Å²) >= 11 is 0. The van der Waals surface area contributed by atoms with Crippen molar-refractivity contribution in [3.8, 4) is 0 Å². The van der Waals surface area contributed by atoms with Crippen LogP contribution in [0.5, 0.6) is 0 Å². The maximum absolute atomic E-state index is 11.9. The largest absolute Gasteiger partial charge is 0.497 e. The summed E-state index contributed by atoms with van der Waals surface area (Å²) < 4.78 is 56.4. The lowest BCUT2D eigenvalue weighted by Gasteiger charge is -2.19. The number of phosphoric ester groups is 1. The molecule has 32 heavy (non-hydrogen) atoms. The molecule has 0 amide bonds. The third-order valence-corrected chi connectivity index (χ3v) is 7.99. The quantitative estimate of drug-likeness (QED) is 0.142. The number of hydrogen-bond donors (Lipinski definition) is 7. The van der Waals surface area contributed by atoms with Crippen molar-refractivity contribution in [3.63, 3.8) is 0 Å². The lowest BCUT2D eigenvalue weighted by molar-refractivity contribution is -0.0503. The van der Waals surface area contributed by atoms with Crippen molar-refractivity contribution in [2.75, 3.05) is 12.3 Å². The third-order valence-electron chi connectivity index (χ3n) is 3.95.